The molecule has 2 heterocycles. The van der Waals surface area contributed by atoms with Crippen molar-refractivity contribution in [3.8, 4) is 17.1 Å². The molecule has 0 amide bonds. The summed E-state index contributed by atoms with van der Waals surface area (Å²) in [6.07, 6.45) is 1.51. The predicted octanol–water partition coefficient (Wildman–Crippen LogP) is 2.22. The summed E-state index contributed by atoms with van der Waals surface area (Å²) < 4.78 is 10.9. The molecule has 1 aliphatic heterocycles. The van der Waals surface area contributed by atoms with Crippen molar-refractivity contribution in [3.63, 3.8) is 0 Å². The number of ether oxygens (including phenoxy) is 2. The number of hydrogen-bond donors (Lipinski definition) is 3. The van der Waals surface area contributed by atoms with Crippen molar-refractivity contribution in [1.29, 1.82) is 0 Å². The summed E-state index contributed by atoms with van der Waals surface area (Å²) in [7, 11) is 3.48. The second-order valence-corrected chi connectivity index (χ2v) is 7.78. The number of guanidine groups is 1. The summed E-state index contributed by atoms with van der Waals surface area (Å²) in [5, 5.41) is 13.8. The number of aromatic nitrogens is 3. The molecule has 1 aliphatic rings. The van der Waals surface area contributed by atoms with Gasteiger partial charge in [0.15, 0.2) is 11.8 Å². The number of hydrogen-bond acceptors (Lipinski definition) is 6. The van der Waals surface area contributed by atoms with Crippen LogP contribution in [0.1, 0.15) is 17.2 Å². The van der Waals surface area contributed by atoms with Crippen molar-refractivity contribution in [2.24, 2.45) is 4.99 Å². The van der Waals surface area contributed by atoms with Gasteiger partial charge in [0.1, 0.15) is 12.1 Å². The van der Waals surface area contributed by atoms with Gasteiger partial charge in [-0.3, -0.25) is 15.0 Å². The minimum absolute atomic E-state index is 0.202. The average molecular weight is 450 g/mol. The Hall–Kier alpha value is -3.43. The lowest BCUT2D eigenvalue weighted by Crippen LogP contribution is -2.46. The highest BCUT2D eigenvalue weighted by Crippen LogP contribution is 2.23. The number of aliphatic imine (C=N–C) groups is 1. The van der Waals surface area contributed by atoms with Gasteiger partial charge in [0.05, 0.1) is 26.4 Å². The first-order chi connectivity index (χ1) is 16.3. The van der Waals surface area contributed by atoms with Crippen molar-refractivity contribution in [3.05, 3.63) is 66.0 Å². The van der Waals surface area contributed by atoms with Crippen LogP contribution in [-0.2, 0) is 11.3 Å². The molecule has 0 radical (unpaired) electrons. The summed E-state index contributed by atoms with van der Waals surface area (Å²) in [6.45, 7) is 4.68. The molecule has 0 spiro atoms. The fraction of sp³-hybridized carbons (Fsp3) is 0.375. The first-order valence-corrected chi connectivity index (χ1v) is 11.1. The summed E-state index contributed by atoms with van der Waals surface area (Å²) >= 11 is 0. The van der Waals surface area contributed by atoms with Crippen LogP contribution in [-0.4, -0.2) is 73.0 Å². The molecule has 0 bridgehead atoms. The number of methoxy groups -OCH3 is 1. The minimum atomic E-state index is 0.202. The normalized spacial score (nSPS) is 15.8. The fourth-order valence-electron chi connectivity index (χ4n) is 3.95. The molecule has 1 atom stereocenters. The zero-order valence-electron chi connectivity index (χ0n) is 19.1. The summed E-state index contributed by atoms with van der Waals surface area (Å²) in [4.78, 5) is 11.1. The molecule has 0 aliphatic carbocycles. The van der Waals surface area contributed by atoms with Crippen LogP contribution in [0.15, 0.2) is 59.9 Å². The number of rotatable bonds is 8. The van der Waals surface area contributed by atoms with Gasteiger partial charge in [-0.25, -0.2) is 4.98 Å². The molecule has 9 heteroatoms. The van der Waals surface area contributed by atoms with E-state index in [0.29, 0.717) is 6.54 Å². The zero-order valence-corrected chi connectivity index (χ0v) is 19.1. The lowest BCUT2D eigenvalue weighted by Gasteiger charge is -2.35. The van der Waals surface area contributed by atoms with Gasteiger partial charge < -0.3 is 20.1 Å². The lowest BCUT2D eigenvalue weighted by atomic mass is 10.0. The fourth-order valence-corrected chi connectivity index (χ4v) is 3.95. The minimum Gasteiger partial charge on any atom is -0.497 e. The van der Waals surface area contributed by atoms with E-state index in [1.165, 1.54) is 11.9 Å². The Morgan fingerprint density at radius 2 is 2.00 bits per heavy atom. The molecule has 9 nitrogen and oxygen atoms in total. The van der Waals surface area contributed by atoms with Gasteiger partial charge in [-0.05, 0) is 29.3 Å². The van der Waals surface area contributed by atoms with Gasteiger partial charge in [-0.1, -0.05) is 30.3 Å². The van der Waals surface area contributed by atoms with Gasteiger partial charge in [0.2, 0.25) is 0 Å². The third-order valence-electron chi connectivity index (χ3n) is 5.75. The second-order valence-electron chi connectivity index (χ2n) is 7.78. The van der Waals surface area contributed by atoms with E-state index in [2.05, 4.69) is 60.0 Å². The van der Waals surface area contributed by atoms with Crippen LogP contribution in [0.25, 0.3) is 11.4 Å². The van der Waals surface area contributed by atoms with Gasteiger partial charge in [0.25, 0.3) is 0 Å². The topological polar surface area (TPSA) is 99.7 Å². The monoisotopic (exact) mass is 449 g/mol. The molecular weight excluding hydrogens is 418 g/mol. The Morgan fingerprint density at radius 1 is 1.18 bits per heavy atom. The number of nitrogens with one attached hydrogen (secondary N) is 3. The van der Waals surface area contributed by atoms with E-state index in [4.69, 9.17) is 9.47 Å². The van der Waals surface area contributed by atoms with Crippen LogP contribution >= 0.6 is 0 Å². The molecule has 1 unspecified atom stereocenters. The zero-order chi connectivity index (χ0) is 22.9. The molecule has 4 rings (SSSR count). The van der Waals surface area contributed by atoms with Crippen molar-refractivity contribution >= 4 is 5.96 Å². The molecule has 33 heavy (non-hydrogen) atoms. The lowest BCUT2D eigenvalue weighted by molar-refractivity contribution is 0.0170. The SMILES string of the molecule is CN=C(NCc1cccc(-c2ncn[nH]2)c1)NCC(c1ccc(OC)cc1)N1CCOCC1. The number of morpholine rings is 1. The highest BCUT2D eigenvalue weighted by molar-refractivity contribution is 5.79. The van der Waals surface area contributed by atoms with Crippen molar-refractivity contribution in [2.75, 3.05) is 47.0 Å². The van der Waals surface area contributed by atoms with Gasteiger partial charge in [-0.15, -0.1) is 0 Å². The predicted molar refractivity (Wildman–Crippen MR) is 128 cm³/mol. The molecular formula is C24H31N7O2. The van der Waals surface area contributed by atoms with E-state index in [-0.39, 0.29) is 6.04 Å². The Bertz CT molecular complexity index is 1020. The maximum absolute atomic E-state index is 5.56. The molecule has 2 aromatic carbocycles. The summed E-state index contributed by atoms with van der Waals surface area (Å²) in [5.74, 6) is 2.37. The molecule has 3 aromatic rings. The van der Waals surface area contributed by atoms with E-state index in [0.717, 1.165) is 61.5 Å². The smallest absolute Gasteiger partial charge is 0.191 e. The standard InChI is InChI=1S/C24H31N7O2/c1-25-24(26-15-18-4-3-5-20(14-18)23-28-17-29-30-23)27-16-22(31-10-12-33-13-11-31)19-6-8-21(32-2)9-7-19/h3-9,14,17,22H,10-13,15-16H2,1-2H3,(H2,25,26,27)(H,28,29,30). The van der Waals surface area contributed by atoms with Crippen LogP contribution in [0, 0.1) is 0 Å². The third-order valence-corrected chi connectivity index (χ3v) is 5.75. The molecule has 3 N–H and O–H groups in total. The number of H-pyrrole nitrogens is 1. The Labute approximate surface area is 194 Å². The second kappa shape index (κ2) is 11.4. The van der Waals surface area contributed by atoms with Crippen molar-refractivity contribution < 1.29 is 9.47 Å². The highest BCUT2D eigenvalue weighted by Gasteiger charge is 2.23. The molecule has 1 saturated heterocycles. The number of benzene rings is 2. The molecule has 1 fully saturated rings. The molecule has 174 valence electrons. The Kier molecular flexibility index (Phi) is 7.89. The summed E-state index contributed by atoms with van der Waals surface area (Å²) in [5.41, 5.74) is 3.37. The number of nitrogens with zero attached hydrogens (tertiary/aromatic N) is 4. The Morgan fingerprint density at radius 3 is 2.70 bits per heavy atom. The van der Waals surface area contributed by atoms with E-state index >= 15 is 0 Å². The van der Waals surface area contributed by atoms with E-state index < -0.39 is 0 Å². The molecule has 0 saturated carbocycles. The number of aromatic amines is 1. The first-order valence-electron chi connectivity index (χ1n) is 11.1. The van der Waals surface area contributed by atoms with Crippen LogP contribution in [0.3, 0.4) is 0 Å². The van der Waals surface area contributed by atoms with E-state index in [1.807, 2.05) is 24.3 Å². The average Bonchev–Trinajstić information content (AvgIpc) is 3.42. The summed E-state index contributed by atoms with van der Waals surface area (Å²) in [6, 6.07) is 16.7. The van der Waals surface area contributed by atoms with Crippen LogP contribution in [0.4, 0.5) is 0 Å². The van der Waals surface area contributed by atoms with Crippen molar-refractivity contribution in [2.45, 2.75) is 12.6 Å². The first kappa shape index (κ1) is 22.8. The van der Waals surface area contributed by atoms with Crippen LogP contribution < -0.4 is 15.4 Å². The Balaban J connectivity index is 1.39. The van der Waals surface area contributed by atoms with Gasteiger partial charge in [0, 0.05) is 38.8 Å². The largest absolute Gasteiger partial charge is 0.497 e. The van der Waals surface area contributed by atoms with Crippen LogP contribution in [0.2, 0.25) is 0 Å². The van der Waals surface area contributed by atoms with E-state index in [1.54, 1.807) is 14.2 Å². The highest BCUT2D eigenvalue weighted by atomic mass is 16.5. The maximum atomic E-state index is 5.56. The van der Waals surface area contributed by atoms with E-state index in [9.17, 15) is 0 Å². The van der Waals surface area contributed by atoms with Gasteiger partial charge >= 0.3 is 0 Å². The molecule has 1 aromatic heterocycles. The van der Waals surface area contributed by atoms with Crippen LogP contribution in [0.5, 0.6) is 5.75 Å². The van der Waals surface area contributed by atoms with Gasteiger partial charge in [-0.2, -0.15) is 5.10 Å². The van der Waals surface area contributed by atoms with Crippen molar-refractivity contribution in [1.82, 2.24) is 30.7 Å². The maximum Gasteiger partial charge on any atom is 0.191 e. The quantitative estimate of drug-likeness (QED) is 0.358. The third kappa shape index (κ3) is 6.09.